The quantitative estimate of drug-likeness (QED) is 0.714. The van der Waals surface area contributed by atoms with Crippen molar-refractivity contribution in [2.24, 2.45) is 0 Å². The van der Waals surface area contributed by atoms with Crippen LogP contribution in [0.15, 0.2) is 18.6 Å². The van der Waals surface area contributed by atoms with Crippen molar-refractivity contribution in [2.75, 3.05) is 0 Å². The minimum absolute atomic E-state index is 0.0339. The minimum atomic E-state index is -0.0339. The molecular weight excluding hydrogens is 178 g/mol. The van der Waals surface area contributed by atoms with Gasteiger partial charge in [-0.1, -0.05) is 11.6 Å². The maximum atomic E-state index is 8.85. The number of hydrogen-bond donors (Lipinski definition) is 1. The Balaban J connectivity index is 2.75. The Labute approximate surface area is 73.4 Å². The van der Waals surface area contributed by atoms with Gasteiger partial charge in [0.05, 0.1) is 11.6 Å². The molecular formula is C7H6ClN3O. The molecule has 2 heterocycles. The molecule has 4 nitrogen and oxygen atoms in total. The van der Waals surface area contributed by atoms with E-state index in [1.165, 1.54) is 0 Å². The Morgan fingerprint density at radius 2 is 2.42 bits per heavy atom. The number of hydrogen-bond acceptors (Lipinski definition) is 3. The van der Waals surface area contributed by atoms with Crippen LogP contribution in [0.5, 0.6) is 0 Å². The summed E-state index contributed by atoms with van der Waals surface area (Å²) in [5.74, 6) is 0. The molecule has 0 saturated carbocycles. The number of fused-ring (bicyclic) bond motifs is 1. The highest BCUT2D eigenvalue weighted by atomic mass is 35.5. The van der Waals surface area contributed by atoms with E-state index in [1.807, 2.05) is 0 Å². The van der Waals surface area contributed by atoms with E-state index in [4.69, 9.17) is 16.7 Å². The van der Waals surface area contributed by atoms with E-state index in [2.05, 4.69) is 10.2 Å². The third kappa shape index (κ3) is 1.05. The first kappa shape index (κ1) is 7.52. The summed E-state index contributed by atoms with van der Waals surface area (Å²) in [7, 11) is 0. The number of rotatable bonds is 1. The molecule has 0 saturated heterocycles. The standard InChI is InChI=1S/C7H6ClN3O/c8-6-1-5(3-12)2-11-4-9-10-7(6)11/h1-2,4,12H,3H2. The summed E-state index contributed by atoms with van der Waals surface area (Å²) in [5, 5.41) is 16.8. The fraction of sp³-hybridized carbons (Fsp3) is 0.143. The Morgan fingerprint density at radius 3 is 3.17 bits per heavy atom. The molecule has 1 N–H and O–H groups in total. The third-order valence-corrected chi connectivity index (χ3v) is 1.86. The van der Waals surface area contributed by atoms with Gasteiger partial charge in [-0.05, 0) is 11.6 Å². The van der Waals surface area contributed by atoms with Crippen molar-refractivity contribution in [3.8, 4) is 0 Å². The van der Waals surface area contributed by atoms with E-state index in [-0.39, 0.29) is 6.61 Å². The van der Waals surface area contributed by atoms with Crippen LogP contribution in [0.3, 0.4) is 0 Å². The smallest absolute Gasteiger partial charge is 0.179 e. The molecule has 0 fully saturated rings. The highest BCUT2D eigenvalue weighted by molar-refractivity contribution is 6.33. The summed E-state index contributed by atoms with van der Waals surface area (Å²) in [6.45, 7) is -0.0339. The molecule has 0 aromatic carbocycles. The van der Waals surface area contributed by atoms with Gasteiger partial charge in [-0.25, -0.2) is 0 Å². The van der Waals surface area contributed by atoms with Crippen molar-refractivity contribution in [3.63, 3.8) is 0 Å². The van der Waals surface area contributed by atoms with Crippen LogP contribution in [-0.2, 0) is 6.61 Å². The fourth-order valence-electron chi connectivity index (χ4n) is 1.04. The summed E-state index contributed by atoms with van der Waals surface area (Å²) < 4.78 is 1.67. The van der Waals surface area contributed by atoms with Crippen molar-refractivity contribution in [1.82, 2.24) is 14.6 Å². The summed E-state index contributed by atoms with van der Waals surface area (Å²) in [4.78, 5) is 0. The second-order valence-electron chi connectivity index (χ2n) is 2.42. The Bertz CT molecular complexity index is 412. The van der Waals surface area contributed by atoms with Gasteiger partial charge in [0.15, 0.2) is 5.65 Å². The van der Waals surface area contributed by atoms with Crippen LogP contribution < -0.4 is 0 Å². The van der Waals surface area contributed by atoms with Crippen LogP contribution in [0.2, 0.25) is 5.02 Å². The largest absolute Gasteiger partial charge is 0.392 e. The molecule has 0 spiro atoms. The first-order valence-corrected chi connectivity index (χ1v) is 3.77. The van der Waals surface area contributed by atoms with Gasteiger partial charge in [0.2, 0.25) is 0 Å². The highest BCUT2D eigenvalue weighted by Crippen LogP contribution is 2.16. The molecule has 0 atom stereocenters. The van der Waals surface area contributed by atoms with Crippen molar-refractivity contribution in [3.05, 3.63) is 29.2 Å². The predicted molar refractivity (Wildman–Crippen MR) is 43.9 cm³/mol. The SMILES string of the molecule is OCc1cc(Cl)c2nncn2c1. The molecule has 12 heavy (non-hydrogen) atoms. The van der Waals surface area contributed by atoms with Crippen molar-refractivity contribution < 1.29 is 5.11 Å². The van der Waals surface area contributed by atoms with Gasteiger partial charge in [-0.2, -0.15) is 0 Å². The van der Waals surface area contributed by atoms with Crippen molar-refractivity contribution in [2.45, 2.75) is 6.61 Å². The van der Waals surface area contributed by atoms with Gasteiger partial charge in [-0.3, -0.25) is 4.40 Å². The molecule has 0 aliphatic carbocycles. The van der Waals surface area contributed by atoms with Crippen molar-refractivity contribution >= 4 is 17.2 Å². The first-order chi connectivity index (χ1) is 5.81. The second-order valence-corrected chi connectivity index (χ2v) is 2.82. The zero-order valence-electron chi connectivity index (χ0n) is 6.11. The number of pyridine rings is 1. The minimum Gasteiger partial charge on any atom is -0.392 e. The van der Waals surface area contributed by atoms with Crippen molar-refractivity contribution in [1.29, 1.82) is 0 Å². The molecule has 0 unspecified atom stereocenters. The number of nitrogens with zero attached hydrogens (tertiary/aromatic N) is 3. The van der Waals surface area contributed by atoms with Gasteiger partial charge < -0.3 is 5.11 Å². The number of aromatic nitrogens is 3. The maximum absolute atomic E-state index is 8.85. The molecule has 0 radical (unpaired) electrons. The average Bonchev–Trinajstić information content (AvgIpc) is 2.52. The maximum Gasteiger partial charge on any atom is 0.179 e. The molecule has 0 bridgehead atoms. The third-order valence-electron chi connectivity index (χ3n) is 1.59. The number of halogens is 1. The first-order valence-electron chi connectivity index (χ1n) is 3.40. The van der Waals surface area contributed by atoms with Gasteiger partial charge in [0.25, 0.3) is 0 Å². The zero-order valence-corrected chi connectivity index (χ0v) is 6.86. The van der Waals surface area contributed by atoms with Gasteiger partial charge in [0.1, 0.15) is 6.33 Å². The topological polar surface area (TPSA) is 50.4 Å². The Hall–Kier alpha value is -1.13. The Kier molecular flexibility index (Phi) is 1.71. The molecule has 2 aromatic rings. The fourth-order valence-corrected chi connectivity index (χ4v) is 1.31. The lowest BCUT2D eigenvalue weighted by Gasteiger charge is -1.98. The van der Waals surface area contributed by atoms with E-state index in [0.29, 0.717) is 10.7 Å². The van der Waals surface area contributed by atoms with Gasteiger partial charge in [0, 0.05) is 6.20 Å². The number of aliphatic hydroxyl groups is 1. The van der Waals surface area contributed by atoms with E-state index < -0.39 is 0 Å². The molecule has 0 aliphatic heterocycles. The lowest BCUT2D eigenvalue weighted by Crippen LogP contribution is -1.90. The van der Waals surface area contributed by atoms with E-state index >= 15 is 0 Å². The van der Waals surface area contributed by atoms with Gasteiger partial charge >= 0.3 is 0 Å². The molecule has 2 aromatic heterocycles. The zero-order chi connectivity index (χ0) is 8.55. The summed E-state index contributed by atoms with van der Waals surface area (Å²) in [6.07, 6.45) is 3.28. The van der Waals surface area contributed by atoms with Crippen LogP contribution in [-0.4, -0.2) is 19.7 Å². The second kappa shape index (κ2) is 2.73. The van der Waals surface area contributed by atoms with Gasteiger partial charge in [-0.15, -0.1) is 10.2 Å². The van der Waals surface area contributed by atoms with E-state index in [9.17, 15) is 0 Å². The van der Waals surface area contributed by atoms with E-state index in [0.717, 1.165) is 5.56 Å². The summed E-state index contributed by atoms with van der Waals surface area (Å²) >= 11 is 5.85. The lowest BCUT2D eigenvalue weighted by atomic mass is 10.3. The van der Waals surface area contributed by atoms with Crippen LogP contribution in [0.4, 0.5) is 0 Å². The highest BCUT2D eigenvalue weighted by Gasteiger charge is 2.02. The van der Waals surface area contributed by atoms with Crippen LogP contribution in [0, 0.1) is 0 Å². The molecule has 62 valence electrons. The average molecular weight is 184 g/mol. The Morgan fingerprint density at radius 1 is 1.58 bits per heavy atom. The van der Waals surface area contributed by atoms with Crippen LogP contribution >= 0.6 is 11.6 Å². The van der Waals surface area contributed by atoms with Crippen LogP contribution in [0.1, 0.15) is 5.56 Å². The summed E-state index contributed by atoms with van der Waals surface area (Å²) in [6, 6.07) is 1.67. The van der Waals surface area contributed by atoms with E-state index in [1.54, 1.807) is 23.0 Å². The molecule has 5 heteroatoms. The lowest BCUT2D eigenvalue weighted by molar-refractivity contribution is 0.281. The monoisotopic (exact) mass is 183 g/mol. The molecule has 0 amide bonds. The number of aliphatic hydroxyl groups excluding tert-OH is 1. The van der Waals surface area contributed by atoms with Crippen LogP contribution in [0.25, 0.3) is 5.65 Å². The molecule has 0 aliphatic rings. The summed E-state index contributed by atoms with van der Waals surface area (Å²) in [5.41, 5.74) is 1.35. The molecule has 2 rings (SSSR count). The normalized spacial score (nSPS) is 10.8. The predicted octanol–water partition coefficient (Wildman–Crippen LogP) is 0.875.